The third-order valence-electron chi connectivity index (χ3n) is 3.88. The minimum Gasteiger partial charge on any atom is -0.481 e. The van der Waals surface area contributed by atoms with Gasteiger partial charge in [0.2, 0.25) is 0 Å². The second kappa shape index (κ2) is 6.45. The van der Waals surface area contributed by atoms with Crippen LogP contribution in [0.1, 0.15) is 13.3 Å². The number of aliphatic carboxylic acids is 1. The van der Waals surface area contributed by atoms with E-state index in [1.54, 1.807) is 4.90 Å². The number of nitrogens with one attached hydrogen (secondary N) is 1. The number of nitrogens with zero attached hydrogens (tertiary/aromatic N) is 2. The molecular weight excluding hydrogens is 382 g/mol. The number of hydrogen-bond donors (Lipinski definition) is 2. The van der Waals surface area contributed by atoms with Gasteiger partial charge in [-0.1, -0.05) is 24.3 Å². The van der Waals surface area contributed by atoms with E-state index in [9.17, 15) is 14.7 Å². The number of piperidine rings is 1. The highest BCUT2D eigenvalue weighted by Crippen LogP contribution is 2.31. The number of urea groups is 1. The second-order valence-electron chi connectivity index (χ2n) is 5.82. The lowest BCUT2D eigenvalue weighted by atomic mass is 9.91. The summed E-state index contributed by atoms with van der Waals surface area (Å²) in [6, 6.07) is 5.46. The van der Waals surface area contributed by atoms with E-state index in [2.05, 4.69) is 26.2 Å². The minimum absolute atomic E-state index is 0.167. The molecule has 0 spiro atoms. The molecule has 2 amide bonds. The lowest BCUT2D eigenvalue weighted by Gasteiger charge is -2.34. The van der Waals surface area contributed by atoms with Gasteiger partial charge < -0.3 is 10.0 Å². The highest BCUT2D eigenvalue weighted by atomic mass is 79.9. The van der Waals surface area contributed by atoms with Crippen molar-refractivity contribution in [1.82, 2.24) is 9.88 Å². The molecule has 23 heavy (non-hydrogen) atoms. The molecule has 1 aromatic heterocycles. The highest BCUT2D eigenvalue weighted by Gasteiger charge is 2.32. The van der Waals surface area contributed by atoms with Crippen LogP contribution in [0.3, 0.4) is 0 Å². The van der Waals surface area contributed by atoms with Crippen LogP contribution in [0.25, 0.3) is 10.2 Å². The number of halogens is 1. The lowest BCUT2D eigenvalue weighted by Crippen LogP contribution is -2.47. The Labute approximate surface area is 145 Å². The van der Waals surface area contributed by atoms with Crippen molar-refractivity contribution in [2.45, 2.75) is 13.3 Å². The number of para-hydroxylation sites is 1. The number of thiazole rings is 1. The Balaban J connectivity index is 1.74. The van der Waals surface area contributed by atoms with E-state index < -0.39 is 11.9 Å². The zero-order valence-corrected chi connectivity index (χ0v) is 14.9. The molecule has 2 N–H and O–H groups in total. The average molecular weight is 398 g/mol. The summed E-state index contributed by atoms with van der Waals surface area (Å²) in [5, 5.41) is 12.5. The quantitative estimate of drug-likeness (QED) is 0.810. The first-order valence-electron chi connectivity index (χ1n) is 7.28. The first-order valence-corrected chi connectivity index (χ1v) is 8.88. The van der Waals surface area contributed by atoms with E-state index >= 15 is 0 Å². The van der Waals surface area contributed by atoms with Crippen LogP contribution < -0.4 is 5.32 Å². The number of anilines is 1. The summed E-state index contributed by atoms with van der Waals surface area (Å²) in [5.74, 6) is -1.19. The summed E-state index contributed by atoms with van der Waals surface area (Å²) in [6.07, 6.45) is 0.604. The molecule has 6 nitrogen and oxygen atoms in total. The van der Waals surface area contributed by atoms with Crippen LogP contribution in [0.5, 0.6) is 0 Å². The van der Waals surface area contributed by atoms with Gasteiger partial charge in [-0.2, -0.15) is 0 Å². The monoisotopic (exact) mass is 397 g/mol. The van der Waals surface area contributed by atoms with E-state index in [1.165, 1.54) is 11.3 Å². The number of fused-ring (bicyclic) bond motifs is 1. The molecule has 0 bridgehead atoms. The van der Waals surface area contributed by atoms with Crippen molar-refractivity contribution in [3.05, 3.63) is 22.7 Å². The van der Waals surface area contributed by atoms with Crippen molar-refractivity contribution in [3.63, 3.8) is 0 Å². The van der Waals surface area contributed by atoms with Crippen LogP contribution in [0.2, 0.25) is 0 Å². The van der Waals surface area contributed by atoms with Gasteiger partial charge >= 0.3 is 12.0 Å². The Bertz CT molecular complexity index is 764. The normalized spacial score (nSPS) is 21.4. The van der Waals surface area contributed by atoms with Gasteiger partial charge in [-0.25, -0.2) is 9.78 Å². The Morgan fingerprint density at radius 2 is 2.22 bits per heavy atom. The van der Waals surface area contributed by atoms with Crippen LogP contribution in [-0.2, 0) is 4.79 Å². The molecule has 1 fully saturated rings. The molecule has 122 valence electrons. The summed E-state index contributed by atoms with van der Waals surface area (Å²) in [5.41, 5.74) is 0.809. The fraction of sp³-hybridized carbons (Fsp3) is 0.400. The van der Waals surface area contributed by atoms with Crippen molar-refractivity contribution in [2.24, 2.45) is 11.8 Å². The van der Waals surface area contributed by atoms with Gasteiger partial charge in [0.05, 0.1) is 16.1 Å². The number of carbonyl (C=O) groups excluding carboxylic acids is 1. The van der Waals surface area contributed by atoms with E-state index in [-0.39, 0.29) is 18.5 Å². The second-order valence-corrected chi connectivity index (χ2v) is 7.70. The van der Waals surface area contributed by atoms with Crippen molar-refractivity contribution >= 4 is 54.6 Å². The molecule has 1 aromatic carbocycles. The van der Waals surface area contributed by atoms with Gasteiger partial charge in [0, 0.05) is 17.6 Å². The first-order chi connectivity index (χ1) is 10.9. The van der Waals surface area contributed by atoms with Gasteiger partial charge in [-0.05, 0) is 40.4 Å². The number of benzene rings is 1. The van der Waals surface area contributed by atoms with Crippen molar-refractivity contribution < 1.29 is 14.7 Å². The average Bonchev–Trinajstić information content (AvgIpc) is 2.90. The van der Waals surface area contributed by atoms with Crippen LogP contribution in [0.15, 0.2) is 22.7 Å². The molecular formula is C15H16BrN3O3S. The molecule has 0 radical (unpaired) electrons. The summed E-state index contributed by atoms with van der Waals surface area (Å²) in [4.78, 5) is 29.6. The first kappa shape index (κ1) is 16.2. The number of carboxylic acid groups (broad SMARTS) is 1. The largest absolute Gasteiger partial charge is 0.481 e. The molecule has 8 heteroatoms. The third kappa shape index (κ3) is 3.48. The number of carboxylic acids is 1. The van der Waals surface area contributed by atoms with Crippen molar-refractivity contribution in [3.8, 4) is 0 Å². The maximum Gasteiger partial charge on any atom is 0.323 e. The maximum atomic E-state index is 12.4. The molecule has 3 rings (SSSR count). The Kier molecular flexibility index (Phi) is 4.54. The minimum atomic E-state index is -0.849. The predicted molar refractivity (Wildman–Crippen MR) is 92.8 cm³/mol. The number of rotatable bonds is 2. The summed E-state index contributed by atoms with van der Waals surface area (Å²) >= 11 is 4.84. The van der Waals surface area contributed by atoms with Gasteiger partial charge in [-0.3, -0.25) is 10.1 Å². The molecule has 1 aliphatic heterocycles. The number of aromatic nitrogens is 1. The smallest absolute Gasteiger partial charge is 0.323 e. The summed E-state index contributed by atoms with van der Waals surface area (Å²) < 4.78 is 1.86. The van der Waals surface area contributed by atoms with Gasteiger partial charge in [0.25, 0.3) is 0 Å². The Morgan fingerprint density at radius 1 is 1.43 bits per heavy atom. The Hall–Kier alpha value is -1.67. The zero-order valence-electron chi connectivity index (χ0n) is 12.5. The fourth-order valence-electron chi connectivity index (χ4n) is 2.84. The van der Waals surface area contributed by atoms with E-state index in [1.807, 2.05) is 25.1 Å². The van der Waals surface area contributed by atoms with E-state index in [4.69, 9.17) is 0 Å². The van der Waals surface area contributed by atoms with Crippen LogP contribution in [0.4, 0.5) is 9.93 Å². The molecule has 0 aliphatic carbocycles. The molecule has 2 atom stereocenters. The van der Waals surface area contributed by atoms with E-state index in [0.29, 0.717) is 18.1 Å². The molecule has 0 saturated carbocycles. The highest BCUT2D eigenvalue weighted by molar-refractivity contribution is 9.10. The number of amides is 2. The third-order valence-corrected chi connectivity index (χ3v) is 5.46. The standard InChI is InChI=1S/C15H16BrN3O3S/c1-8-5-9(13(20)21)7-19(6-8)15(22)18-14-17-12-10(16)3-2-4-11(12)23-14/h2-4,8-9H,5-7H2,1H3,(H,20,21)(H,17,18,22). The topological polar surface area (TPSA) is 82.5 Å². The van der Waals surface area contributed by atoms with Crippen LogP contribution in [0, 0.1) is 11.8 Å². The molecule has 2 unspecified atom stereocenters. The molecule has 1 saturated heterocycles. The van der Waals surface area contributed by atoms with E-state index in [0.717, 1.165) is 14.7 Å². The van der Waals surface area contributed by atoms with Crippen molar-refractivity contribution in [1.29, 1.82) is 0 Å². The molecule has 1 aliphatic rings. The Morgan fingerprint density at radius 3 is 2.91 bits per heavy atom. The SMILES string of the molecule is CC1CC(C(=O)O)CN(C(=O)Nc2nc3c(Br)cccc3s2)C1. The van der Waals surface area contributed by atoms with Crippen LogP contribution >= 0.6 is 27.3 Å². The number of hydrogen-bond acceptors (Lipinski definition) is 4. The number of likely N-dealkylation sites (tertiary alicyclic amines) is 1. The fourth-order valence-corrected chi connectivity index (χ4v) is 4.30. The lowest BCUT2D eigenvalue weighted by molar-refractivity contribution is -0.143. The number of carbonyl (C=O) groups is 2. The van der Waals surface area contributed by atoms with Crippen molar-refractivity contribution in [2.75, 3.05) is 18.4 Å². The summed E-state index contributed by atoms with van der Waals surface area (Å²) in [7, 11) is 0. The van der Waals surface area contributed by atoms with Gasteiger partial charge in [0.15, 0.2) is 5.13 Å². The van der Waals surface area contributed by atoms with Crippen LogP contribution in [-0.4, -0.2) is 40.1 Å². The molecule has 2 aromatic rings. The van der Waals surface area contributed by atoms with Gasteiger partial charge in [0.1, 0.15) is 0 Å². The summed E-state index contributed by atoms with van der Waals surface area (Å²) in [6.45, 7) is 2.76. The molecule has 2 heterocycles. The zero-order chi connectivity index (χ0) is 16.6. The maximum absolute atomic E-state index is 12.4. The predicted octanol–water partition coefficient (Wildman–Crippen LogP) is 3.63. The van der Waals surface area contributed by atoms with Gasteiger partial charge in [-0.15, -0.1) is 0 Å².